The number of fused-ring (bicyclic) bond motifs is 5. The van der Waals surface area contributed by atoms with Gasteiger partial charge in [0.05, 0.1) is 18.8 Å². The molecule has 34 heavy (non-hydrogen) atoms. The van der Waals surface area contributed by atoms with Gasteiger partial charge in [0.1, 0.15) is 0 Å². The Kier molecular flexibility index (Phi) is 7.66. The van der Waals surface area contributed by atoms with Crippen molar-refractivity contribution in [2.45, 2.75) is 118 Å². The summed E-state index contributed by atoms with van der Waals surface area (Å²) in [5.41, 5.74) is 0.518. The zero-order chi connectivity index (χ0) is 24.8. The van der Waals surface area contributed by atoms with E-state index < -0.39 is 0 Å². The Morgan fingerprint density at radius 2 is 1.68 bits per heavy atom. The molecule has 0 bridgehead atoms. The Balaban J connectivity index is 1.48. The van der Waals surface area contributed by atoms with Crippen LogP contribution in [0.4, 0.5) is 4.79 Å². The Hall–Kier alpha value is -0.810. The molecule has 4 fully saturated rings. The van der Waals surface area contributed by atoms with Gasteiger partial charge in [-0.1, -0.05) is 34.1 Å². The van der Waals surface area contributed by atoms with Crippen LogP contribution in [0.25, 0.3) is 0 Å². The Morgan fingerprint density at radius 1 is 1.00 bits per heavy atom. The molecule has 0 spiro atoms. The number of alkyl carbamates (subject to hydrolysis) is 1. The summed E-state index contributed by atoms with van der Waals surface area (Å²) in [6.45, 7) is 14.0. The van der Waals surface area contributed by atoms with E-state index in [0.29, 0.717) is 48.0 Å². The highest BCUT2D eigenvalue weighted by molar-refractivity contribution is 5.67. The lowest BCUT2D eigenvalue weighted by atomic mass is 9.41. The Labute approximate surface area is 207 Å². The van der Waals surface area contributed by atoms with E-state index in [1.165, 1.54) is 25.7 Å². The minimum absolute atomic E-state index is 0.0948. The molecule has 0 aromatic heterocycles. The van der Waals surface area contributed by atoms with Crippen molar-refractivity contribution in [2.24, 2.45) is 52.3 Å². The number of ether oxygens (including phenoxy) is 1. The van der Waals surface area contributed by atoms with Crippen molar-refractivity contribution in [1.82, 2.24) is 5.32 Å². The highest BCUT2D eigenvalue weighted by atomic mass is 16.5. The first-order chi connectivity index (χ1) is 16.0. The molecule has 11 atom stereocenters. The summed E-state index contributed by atoms with van der Waals surface area (Å²) in [7, 11) is 0. The molecule has 0 aromatic carbocycles. The standard InChI is InChI=1S/C29H51NO4/c1-7-20-24-16-19(31)10-13-29(24,6)23-11-14-28(5)21(8-9-22(28)25(23)26(20)32)18(4)12-15-34-27(33)30-17(2)3/h17-26,31-32H,7-16H2,1-6H3,(H,30,33)/t18-,19-,20-,21-,22+,23+,24+,25?,26-,28?,29-/m1/s1. The summed E-state index contributed by atoms with van der Waals surface area (Å²) in [5.74, 6) is 3.46. The predicted octanol–water partition coefficient (Wildman–Crippen LogP) is 5.77. The van der Waals surface area contributed by atoms with Crippen LogP contribution >= 0.6 is 0 Å². The van der Waals surface area contributed by atoms with Crippen molar-refractivity contribution in [2.75, 3.05) is 6.61 Å². The van der Waals surface area contributed by atoms with Crippen LogP contribution in [0.5, 0.6) is 0 Å². The van der Waals surface area contributed by atoms with Gasteiger partial charge >= 0.3 is 6.09 Å². The minimum atomic E-state index is -0.311. The molecular weight excluding hydrogens is 426 g/mol. The van der Waals surface area contributed by atoms with E-state index in [-0.39, 0.29) is 35.2 Å². The molecule has 0 aromatic rings. The van der Waals surface area contributed by atoms with Crippen LogP contribution in [0, 0.1) is 52.3 Å². The first-order valence-electron chi connectivity index (χ1n) is 14.3. The fourth-order valence-corrected chi connectivity index (χ4v) is 9.75. The predicted molar refractivity (Wildman–Crippen MR) is 135 cm³/mol. The zero-order valence-corrected chi connectivity index (χ0v) is 22.6. The molecule has 4 aliphatic carbocycles. The molecule has 4 saturated carbocycles. The van der Waals surface area contributed by atoms with Crippen molar-refractivity contribution in [3.05, 3.63) is 0 Å². The number of rotatable bonds is 6. The maximum absolute atomic E-state index is 11.9. The molecule has 0 radical (unpaired) electrons. The van der Waals surface area contributed by atoms with E-state index in [4.69, 9.17) is 4.74 Å². The van der Waals surface area contributed by atoms with Crippen LogP contribution in [0.15, 0.2) is 0 Å². The molecule has 4 aliphatic rings. The fraction of sp³-hybridized carbons (Fsp3) is 0.966. The minimum Gasteiger partial charge on any atom is -0.450 e. The number of nitrogens with one attached hydrogen (secondary N) is 1. The highest BCUT2D eigenvalue weighted by Gasteiger charge is 2.64. The summed E-state index contributed by atoms with van der Waals surface area (Å²) < 4.78 is 5.45. The smallest absolute Gasteiger partial charge is 0.407 e. The molecule has 5 heteroatoms. The van der Waals surface area contributed by atoms with Gasteiger partial charge in [-0.3, -0.25) is 0 Å². The summed E-state index contributed by atoms with van der Waals surface area (Å²) in [6, 6.07) is 0.0948. The molecular formula is C29H51NO4. The Morgan fingerprint density at radius 3 is 2.35 bits per heavy atom. The van der Waals surface area contributed by atoms with Crippen LogP contribution in [0.3, 0.4) is 0 Å². The van der Waals surface area contributed by atoms with Crippen molar-refractivity contribution in [3.8, 4) is 0 Å². The second-order valence-corrected chi connectivity index (χ2v) is 13.3. The summed E-state index contributed by atoms with van der Waals surface area (Å²) in [6.07, 6.45) is 9.01. The van der Waals surface area contributed by atoms with Gasteiger partial charge in [-0.2, -0.15) is 0 Å². The number of hydrogen-bond acceptors (Lipinski definition) is 4. The lowest BCUT2D eigenvalue weighted by Gasteiger charge is -2.64. The number of carbonyl (C=O) groups is 1. The first-order valence-corrected chi connectivity index (χ1v) is 14.3. The van der Waals surface area contributed by atoms with E-state index in [9.17, 15) is 15.0 Å². The quantitative estimate of drug-likeness (QED) is 0.453. The van der Waals surface area contributed by atoms with Gasteiger partial charge in [-0.25, -0.2) is 4.79 Å². The maximum Gasteiger partial charge on any atom is 0.407 e. The summed E-state index contributed by atoms with van der Waals surface area (Å²) >= 11 is 0. The van der Waals surface area contributed by atoms with E-state index >= 15 is 0 Å². The molecule has 5 nitrogen and oxygen atoms in total. The molecule has 1 amide bonds. The normalized spacial score (nSPS) is 46.9. The zero-order valence-electron chi connectivity index (χ0n) is 22.6. The van der Waals surface area contributed by atoms with Gasteiger partial charge < -0.3 is 20.3 Å². The molecule has 0 heterocycles. The monoisotopic (exact) mass is 477 g/mol. The highest BCUT2D eigenvalue weighted by Crippen LogP contribution is 2.69. The van der Waals surface area contributed by atoms with E-state index in [0.717, 1.165) is 32.1 Å². The maximum atomic E-state index is 11.9. The van der Waals surface area contributed by atoms with Gasteiger partial charge in [0.25, 0.3) is 0 Å². The third kappa shape index (κ3) is 4.42. The average Bonchev–Trinajstić information content (AvgIpc) is 3.12. The van der Waals surface area contributed by atoms with Crippen molar-refractivity contribution in [3.63, 3.8) is 0 Å². The Bertz CT molecular complexity index is 727. The largest absolute Gasteiger partial charge is 0.450 e. The molecule has 0 aliphatic heterocycles. The van der Waals surface area contributed by atoms with Gasteiger partial charge in [-0.05, 0) is 117 Å². The lowest BCUT2D eigenvalue weighted by molar-refractivity contribution is -0.203. The number of aliphatic hydroxyl groups is 2. The number of aliphatic hydroxyl groups excluding tert-OH is 2. The molecule has 3 N–H and O–H groups in total. The molecule has 2 unspecified atom stereocenters. The summed E-state index contributed by atoms with van der Waals surface area (Å²) in [5, 5.41) is 25.1. The first kappa shape index (κ1) is 26.3. The summed E-state index contributed by atoms with van der Waals surface area (Å²) in [4.78, 5) is 11.9. The van der Waals surface area contributed by atoms with Crippen LogP contribution in [-0.2, 0) is 4.74 Å². The average molecular weight is 478 g/mol. The second kappa shape index (κ2) is 9.92. The van der Waals surface area contributed by atoms with E-state index in [1.807, 2.05) is 13.8 Å². The lowest BCUT2D eigenvalue weighted by Crippen LogP contribution is -2.62. The number of hydrogen-bond donors (Lipinski definition) is 3. The fourth-order valence-electron chi connectivity index (χ4n) is 9.75. The van der Waals surface area contributed by atoms with E-state index in [1.54, 1.807) is 0 Å². The van der Waals surface area contributed by atoms with Gasteiger partial charge in [-0.15, -0.1) is 0 Å². The number of amides is 1. The van der Waals surface area contributed by atoms with E-state index in [2.05, 4.69) is 33.0 Å². The van der Waals surface area contributed by atoms with Gasteiger partial charge in [0.15, 0.2) is 0 Å². The van der Waals surface area contributed by atoms with Crippen molar-refractivity contribution in [1.29, 1.82) is 0 Å². The number of carbonyl (C=O) groups excluding carboxylic acids is 1. The molecule has 196 valence electrons. The van der Waals surface area contributed by atoms with Crippen molar-refractivity contribution >= 4 is 6.09 Å². The van der Waals surface area contributed by atoms with Crippen LogP contribution in [0.2, 0.25) is 0 Å². The third-order valence-corrected chi connectivity index (χ3v) is 11.4. The second-order valence-electron chi connectivity index (χ2n) is 13.3. The van der Waals surface area contributed by atoms with Crippen LogP contribution < -0.4 is 5.32 Å². The van der Waals surface area contributed by atoms with Crippen LogP contribution in [0.1, 0.15) is 99.3 Å². The molecule has 4 rings (SSSR count). The van der Waals surface area contributed by atoms with Gasteiger partial charge in [0, 0.05) is 6.04 Å². The van der Waals surface area contributed by atoms with Gasteiger partial charge in [0.2, 0.25) is 0 Å². The molecule has 0 saturated heterocycles. The topological polar surface area (TPSA) is 78.8 Å². The van der Waals surface area contributed by atoms with Crippen molar-refractivity contribution < 1.29 is 19.7 Å². The SMILES string of the molecule is CC[C@H]1[C@@H](O)C2[C@@H]3CC[C@H]([C@H](C)CCOC(=O)NC(C)C)C3(C)CC[C@@H]2[C@@]2(C)CC[C@@H](O)C[C@@H]12. The third-order valence-electron chi connectivity index (χ3n) is 11.4. The van der Waals surface area contributed by atoms with Crippen LogP contribution in [-0.4, -0.2) is 41.2 Å².